The Bertz CT molecular complexity index is 1100. The third-order valence-electron chi connectivity index (χ3n) is 4.84. The predicted molar refractivity (Wildman–Crippen MR) is 99.6 cm³/mol. The van der Waals surface area contributed by atoms with Crippen LogP contribution in [0.1, 0.15) is 26.3 Å². The Hall–Kier alpha value is -3.11. The van der Waals surface area contributed by atoms with Crippen LogP contribution in [0.2, 0.25) is 5.02 Å². The number of fused-ring (bicyclic) bond motifs is 1. The lowest BCUT2D eigenvalue weighted by Gasteiger charge is -2.37. The van der Waals surface area contributed by atoms with Crippen molar-refractivity contribution in [2.75, 3.05) is 4.90 Å². The molecule has 1 aromatic heterocycles. The summed E-state index contributed by atoms with van der Waals surface area (Å²) in [4.78, 5) is 28.1. The van der Waals surface area contributed by atoms with E-state index in [0.29, 0.717) is 27.4 Å². The number of carbonyl (C=O) groups excluding carboxylic acids is 2. The second kappa shape index (κ2) is 5.44. The normalized spacial score (nSPS) is 17.7. The molecule has 3 aromatic rings. The van der Waals surface area contributed by atoms with Gasteiger partial charge in [0.05, 0.1) is 18.1 Å². The molecule has 1 atom stereocenters. The SMILES string of the molecule is O=C1c2c3ccc(-c4ccoc4)c2C(=O)N(c2cccc(Cl)c2)C1C=C3. The lowest BCUT2D eigenvalue weighted by atomic mass is 9.80. The minimum Gasteiger partial charge on any atom is -0.472 e. The summed E-state index contributed by atoms with van der Waals surface area (Å²) in [6.07, 6.45) is 6.79. The van der Waals surface area contributed by atoms with Gasteiger partial charge in [-0.3, -0.25) is 14.5 Å². The molecule has 26 heavy (non-hydrogen) atoms. The molecule has 1 aliphatic carbocycles. The largest absolute Gasteiger partial charge is 0.472 e. The minimum atomic E-state index is -0.652. The standard InChI is InChI=1S/C21H12ClNO3/c22-14-2-1-3-15(10-14)23-17-7-5-12-4-6-16(13-8-9-26-11-13)19(21(23)25)18(12)20(17)24/h1-11,17H. The van der Waals surface area contributed by atoms with Gasteiger partial charge in [-0.05, 0) is 35.4 Å². The van der Waals surface area contributed by atoms with Crippen LogP contribution in [0, 0.1) is 0 Å². The molecule has 1 aliphatic heterocycles. The molecule has 4 nitrogen and oxygen atoms in total. The summed E-state index contributed by atoms with van der Waals surface area (Å²) in [6, 6.07) is 11.8. The fourth-order valence-corrected chi connectivity index (χ4v) is 3.87. The molecule has 0 N–H and O–H groups in total. The number of furan rings is 1. The van der Waals surface area contributed by atoms with Gasteiger partial charge < -0.3 is 4.42 Å². The molecule has 5 rings (SSSR count). The highest BCUT2D eigenvalue weighted by Gasteiger charge is 2.42. The summed E-state index contributed by atoms with van der Waals surface area (Å²) in [5.74, 6) is -0.295. The van der Waals surface area contributed by atoms with Gasteiger partial charge in [0, 0.05) is 21.8 Å². The summed E-state index contributed by atoms with van der Waals surface area (Å²) >= 11 is 6.11. The average Bonchev–Trinajstić information content (AvgIpc) is 3.16. The Balaban J connectivity index is 1.79. The highest BCUT2D eigenvalue weighted by atomic mass is 35.5. The molecule has 1 amide bonds. The van der Waals surface area contributed by atoms with Crippen LogP contribution in [-0.4, -0.2) is 17.7 Å². The van der Waals surface area contributed by atoms with Gasteiger partial charge in [-0.2, -0.15) is 0 Å². The fourth-order valence-electron chi connectivity index (χ4n) is 3.69. The number of halogens is 1. The molecule has 2 aromatic carbocycles. The summed E-state index contributed by atoms with van der Waals surface area (Å²) < 4.78 is 5.17. The summed E-state index contributed by atoms with van der Waals surface area (Å²) in [5.41, 5.74) is 3.72. The third-order valence-corrected chi connectivity index (χ3v) is 5.08. The van der Waals surface area contributed by atoms with E-state index in [4.69, 9.17) is 16.0 Å². The summed E-state index contributed by atoms with van der Waals surface area (Å²) in [7, 11) is 0. The first-order chi connectivity index (χ1) is 12.6. The monoisotopic (exact) mass is 361 g/mol. The van der Waals surface area contributed by atoms with Crippen LogP contribution >= 0.6 is 11.6 Å². The van der Waals surface area contributed by atoms with Gasteiger partial charge in [-0.15, -0.1) is 0 Å². The Morgan fingerprint density at radius 2 is 1.92 bits per heavy atom. The van der Waals surface area contributed by atoms with Crippen LogP contribution in [0.5, 0.6) is 0 Å². The van der Waals surface area contributed by atoms with E-state index in [0.717, 1.165) is 11.1 Å². The molecule has 1 unspecified atom stereocenters. The quantitative estimate of drug-likeness (QED) is 0.656. The maximum atomic E-state index is 13.5. The van der Waals surface area contributed by atoms with Crippen molar-refractivity contribution in [2.45, 2.75) is 6.04 Å². The van der Waals surface area contributed by atoms with E-state index in [1.54, 1.807) is 48.9 Å². The van der Waals surface area contributed by atoms with Crippen molar-refractivity contribution in [2.24, 2.45) is 0 Å². The van der Waals surface area contributed by atoms with Crippen molar-refractivity contribution in [3.05, 3.63) is 82.8 Å². The first-order valence-electron chi connectivity index (χ1n) is 8.16. The topological polar surface area (TPSA) is 50.5 Å². The van der Waals surface area contributed by atoms with Crippen molar-refractivity contribution in [1.29, 1.82) is 0 Å². The number of amides is 1. The molecule has 5 heteroatoms. The van der Waals surface area contributed by atoms with E-state index in [-0.39, 0.29) is 11.7 Å². The second-order valence-corrected chi connectivity index (χ2v) is 6.72. The highest BCUT2D eigenvalue weighted by molar-refractivity contribution is 6.31. The van der Waals surface area contributed by atoms with Crippen LogP contribution in [0.15, 0.2) is 65.5 Å². The molecule has 0 fully saturated rings. The van der Waals surface area contributed by atoms with Crippen LogP contribution in [-0.2, 0) is 0 Å². The number of rotatable bonds is 2. The zero-order valence-corrected chi connectivity index (χ0v) is 14.2. The molecular formula is C21H12ClNO3. The van der Waals surface area contributed by atoms with Crippen LogP contribution < -0.4 is 4.90 Å². The van der Waals surface area contributed by atoms with E-state index in [9.17, 15) is 9.59 Å². The molecule has 126 valence electrons. The first-order valence-corrected chi connectivity index (χ1v) is 8.54. The average molecular weight is 362 g/mol. The van der Waals surface area contributed by atoms with Crippen molar-refractivity contribution in [1.82, 2.24) is 0 Å². The predicted octanol–water partition coefficient (Wildman–Crippen LogP) is 4.84. The fraction of sp³-hybridized carbons (Fsp3) is 0.0476. The van der Waals surface area contributed by atoms with Gasteiger partial charge >= 0.3 is 0 Å². The molecule has 0 radical (unpaired) electrons. The van der Waals surface area contributed by atoms with Crippen LogP contribution in [0.25, 0.3) is 17.2 Å². The van der Waals surface area contributed by atoms with Gasteiger partial charge in [0.15, 0.2) is 5.78 Å². The maximum Gasteiger partial charge on any atom is 0.260 e. The molecular weight excluding hydrogens is 350 g/mol. The molecule has 0 saturated heterocycles. The van der Waals surface area contributed by atoms with E-state index in [2.05, 4.69) is 0 Å². The van der Waals surface area contributed by atoms with Crippen molar-refractivity contribution >= 4 is 35.1 Å². The molecule has 2 heterocycles. The number of carbonyl (C=O) groups is 2. The van der Waals surface area contributed by atoms with Crippen LogP contribution in [0.3, 0.4) is 0 Å². The number of nitrogens with zero attached hydrogens (tertiary/aromatic N) is 1. The second-order valence-electron chi connectivity index (χ2n) is 6.29. The van der Waals surface area contributed by atoms with E-state index in [1.165, 1.54) is 4.90 Å². The van der Waals surface area contributed by atoms with Gasteiger partial charge in [0.1, 0.15) is 6.04 Å². The lowest BCUT2D eigenvalue weighted by Crippen LogP contribution is -2.50. The molecule has 0 saturated carbocycles. The Labute approximate surface area is 154 Å². The van der Waals surface area contributed by atoms with Crippen LogP contribution in [0.4, 0.5) is 5.69 Å². The van der Waals surface area contributed by atoms with Crippen molar-refractivity contribution < 1.29 is 14.0 Å². The smallest absolute Gasteiger partial charge is 0.260 e. The van der Waals surface area contributed by atoms with Crippen molar-refractivity contribution in [3.8, 4) is 11.1 Å². The lowest BCUT2D eigenvalue weighted by molar-refractivity contribution is 0.0885. The Morgan fingerprint density at radius 3 is 2.69 bits per heavy atom. The van der Waals surface area contributed by atoms with Gasteiger partial charge in [-0.1, -0.05) is 42.0 Å². The number of hydrogen-bond donors (Lipinski definition) is 0. The highest BCUT2D eigenvalue weighted by Crippen LogP contribution is 2.40. The number of Topliss-reactive ketones (excluding diaryl/α,β-unsaturated/α-hetero) is 1. The Morgan fingerprint density at radius 1 is 1.04 bits per heavy atom. The first kappa shape index (κ1) is 15.2. The number of hydrogen-bond acceptors (Lipinski definition) is 3. The summed E-state index contributed by atoms with van der Waals surface area (Å²) in [5, 5.41) is 0.511. The summed E-state index contributed by atoms with van der Waals surface area (Å²) in [6.45, 7) is 0. The van der Waals surface area contributed by atoms with E-state index < -0.39 is 6.04 Å². The third kappa shape index (κ3) is 2.02. The van der Waals surface area contributed by atoms with E-state index in [1.807, 2.05) is 18.2 Å². The molecule has 0 spiro atoms. The number of benzene rings is 2. The molecule has 2 aliphatic rings. The molecule has 2 bridgehead atoms. The number of ketones is 1. The van der Waals surface area contributed by atoms with Crippen molar-refractivity contribution in [3.63, 3.8) is 0 Å². The maximum absolute atomic E-state index is 13.5. The zero-order chi connectivity index (χ0) is 17.8. The van der Waals surface area contributed by atoms with Gasteiger partial charge in [0.25, 0.3) is 5.91 Å². The Kier molecular flexibility index (Phi) is 3.18. The van der Waals surface area contributed by atoms with Gasteiger partial charge in [-0.25, -0.2) is 0 Å². The van der Waals surface area contributed by atoms with Gasteiger partial charge in [0.2, 0.25) is 0 Å². The van der Waals surface area contributed by atoms with E-state index >= 15 is 0 Å². The zero-order valence-electron chi connectivity index (χ0n) is 13.5. The number of anilines is 1. The minimum absolute atomic E-state index is 0.0811.